The lowest BCUT2D eigenvalue weighted by atomic mass is 10.0. The first-order chi connectivity index (χ1) is 13.4. The van der Waals surface area contributed by atoms with Gasteiger partial charge in [-0.2, -0.15) is 13.2 Å². The van der Waals surface area contributed by atoms with Gasteiger partial charge in [-0.15, -0.1) is 0 Å². The van der Waals surface area contributed by atoms with E-state index in [1.165, 1.54) is 17.0 Å². The number of nitrogens with zero attached hydrogens (tertiary/aromatic N) is 1. The van der Waals surface area contributed by atoms with E-state index >= 15 is 0 Å². The van der Waals surface area contributed by atoms with Crippen LogP contribution < -0.4 is 10.2 Å². The Labute approximate surface area is 167 Å². The first-order valence-corrected chi connectivity index (χ1v) is 9.26. The third-order valence-electron chi connectivity index (χ3n) is 4.58. The number of amides is 1. The average Bonchev–Trinajstić information content (AvgIpc) is 2.68. The molecule has 0 saturated heterocycles. The van der Waals surface area contributed by atoms with E-state index in [1.807, 2.05) is 24.3 Å². The van der Waals surface area contributed by atoms with Crippen LogP contribution in [0.1, 0.15) is 27.7 Å². The van der Waals surface area contributed by atoms with Crippen molar-refractivity contribution in [3.8, 4) is 0 Å². The minimum atomic E-state index is -4.50. The van der Waals surface area contributed by atoms with Gasteiger partial charge in [0.1, 0.15) is 6.17 Å². The Morgan fingerprint density at radius 1 is 0.929 bits per heavy atom. The van der Waals surface area contributed by atoms with Crippen molar-refractivity contribution in [3.63, 3.8) is 0 Å². The van der Waals surface area contributed by atoms with Crippen LogP contribution in [0.3, 0.4) is 0 Å². The van der Waals surface area contributed by atoms with Gasteiger partial charge in [0.25, 0.3) is 5.91 Å². The third-order valence-corrected chi connectivity index (χ3v) is 5.30. The molecule has 4 rings (SSSR count). The highest BCUT2D eigenvalue weighted by atomic mass is 79.9. The van der Waals surface area contributed by atoms with Gasteiger partial charge in [0.2, 0.25) is 0 Å². The molecule has 1 aliphatic heterocycles. The highest BCUT2D eigenvalue weighted by molar-refractivity contribution is 9.10. The van der Waals surface area contributed by atoms with Crippen LogP contribution in [-0.4, -0.2) is 5.91 Å². The quantitative estimate of drug-likeness (QED) is 0.505. The van der Waals surface area contributed by atoms with Crippen molar-refractivity contribution < 1.29 is 18.0 Å². The van der Waals surface area contributed by atoms with Gasteiger partial charge in [0.05, 0.1) is 11.1 Å². The van der Waals surface area contributed by atoms with Crippen molar-refractivity contribution in [3.05, 3.63) is 94.0 Å². The molecular formula is C21H14BrF3N2O. The number of nitrogens with one attached hydrogen (secondary N) is 1. The zero-order valence-corrected chi connectivity index (χ0v) is 16.0. The number of alkyl halides is 3. The van der Waals surface area contributed by atoms with Crippen molar-refractivity contribution >= 4 is 33.2 Å². The summed E-state index contributed by atoms with van der Waals surface area (Å²) in [7, 11) is 0. The van der Waals surface area contributed by atoms with Gasteiger partial charge in [-0.25, -0.2) is 0 Å². The number of carbonyl (C=O) groups is 1. The summed E-state index contributed by atoms with van der Waals surface area (Å²) < 4.78 is 40.4. The fourth-order valence-corrected chi connectivity index (χ4v) is 3.77. The van der Waals surface area contributed by atoms with Crippen molar-refractivity contribution in [2.75, 3.05) is 10.2 Å². The molecule has 142 valence electrons. The molecular weight excluding hydrogens is 433 g/mol. The zero-order chi connectivity index (χ0) is 19.9. The summed E-state index contributed by atoms with van der Waals surface area (Å²) in [5, 5.41) is 3.29. The van der Waals surface area contributed by atoms with E-state index in [9.17, 15) is 18.0 Å². The molecule has 0 saturated carbocycles. The second kappa shape index (κ2) is 6.98. The van der Waals surface area contributed by atoms with Crippen molar-refractivity contribution in [2.45, 2.75) is 12.3 Å². The first kappa shape index (κ1) is 18.6. The van der Waals surface area contributed by atoms with Gasteiger partial charge in [-0.05, 0) is 36.4 Å². The molecule has 3 aromatic rings. The van der Waals surface area contributed by atoms with Crippen molar-refractivity contribution in [2.24, 2.45) is 0 Å². The number of anilines is 2. The molecule has 1 atom stereocenters. The van der Waals surface area contributed by atoms with Crippen LogP contribution in [0.2, 0.25) is 0 Å². The van der Waals surface area contributed by atoms with E-state index in [1.54, 1.807) is 24.3 Å². The smallest absolute Gasteiger partial charge is 0.360 e. The topological polar surface area (TPSA) is 32.3 Å². The van der Waals surface area contributed by atoms with E-state index in [0.717, 1.165) is 22.2 Å². The molecule has 3 nitrogen and oxygen atoms in total. The van der Waals surface area contributed by atoms with Gasteiger partial charge >= 0.3 is 6.18 Å². The summed E-state index contributed by atoms with van der Waals surface area (Å²) in [6.45, 7) is 0. The minimum Gasteiger partial charge on any atom is -0.360 e. The zero-order valence-electron chi connectivity index (χ0n) is 14.4. The maximum absolute atomic E-state index is 13.3. The molecule has 0 bridgehead atoms. The Hall–Kier alpha value is -2.80. The number of benzene rings is 3. The molecule has 0 aliphatic carbocycles. The van der Waals surface area contributed by atoms with Gasteiger partial charge in [-0.1, -0.05) is 52.3 Å². The monoisotopic (exact) mass is 446 g/mol. The van der Waals surface area contributed by atoms with E-state index in [-0.39, 0.29) is 11.6 Å². The molecule has 1 aliphatic rings. The molecule has 7 heteroatoms. The van der Waals surface area contributed by atoms with Gasteiger partial charge in [-0.3, -0.25) is 9.69 Å². The summed E-state index contributed by atoms with van der Waals surface area (Å²) >= 11 is 3.48. The Bertz CT molecular complexity index is 1050. The lowest BCUT2D eigenvalue weighted by Gasteiger charge is -2.38. The number of hydrogen-bond donors (Lipinski definition) is 1. The Balaban J connectivity index is 1.89. The van der Waals surface area contributed by atoms with Crippen LogP contribution >= 0.6 is 15.9 Å². The van der Waals surface area contributed by atoms with Gasteiger partial charge in [0.15, 0.2) is 0 Å². The molecule has 0 spiro atoms. The molecule has 1 heterocycles. The average molecular weight is 447 g/mol. The Morgan fingerprint density at radius 3 is 2.39 bits per heavy atom. The first-order valence-electron chi connectivity index (χ1n) is 8.47. The van der Waals surface area contributed by atoms with Gasteiger partial charge in [0, 0.05) is 21.4 Å². The predicted molar refractivity (Wildman–Crippen MR) is 105 cm³/mol. The maximum atomic E-state index is 13.3. The van der Waals surface area contributed by atoms with Gasteiger partial charge < -0.3 is 5.32 Å². The normalized spacial score (nSPS) is 16.5. The van der Waals surface area contributed by atoms with Crippen LogP contribution in [0.4, 0.5) is 24.5 Å². The minimum absolute atomic E-state index is 0.169. The molecule has 28 heavy (non-hydrogen) atoms. The number of fused-ring (bicyclic) bond motifs is 1. The molecule has 0 fully saturated rings. The van der Waals surface area contributed by atoms with Crippen LogP contribution in [0.5, 0.6) is 0 Å². The second-order valence-electron chi connectivity index (χ2n) is 6.34. The van der Waals surface area contributed by atoms with E-state index in [0.29, 0.717) is 11.3 Å². The van der Waals surface area contributed by atoms with Crippen LogP contribution in [-0.2, 0) is 6.18 Å². The van der Waals surface area contributed by atoms with Crippen LogP contribution in [0, 0.1) is 0 Å². The molecule has 0 aromatic heterocycles. The number of rotatable bonds is 2. The highest BCUT2D eigenvalue weighted by Gasteiger charge is 2.37. The lowest BCUT2D eigenvalue weighted by molar-refractivity contribution is -0.137. The molecule has 1 N–H and O–H groups in total. The molecule has 3 aromatic carbocycles. The van der Waals surface area contributed by atoms with Crippen molar-refractivity contribution in [1.82, 2.24) is 0 Å². The summed E-state index contributed by atoms with van der Waals surface area (Å²) in [6, 6.07) is 19.1. The van der Waals surface area contributed by atoms with E-state index in [2.05, 4.69) is 21.2 Å². The molecule has 0 radical (unpaired) electrons. The van der Waals surface area contributed by atoms with Crippen LogP contribution in [0.15, 0.2) is 77.3 Å². The second-order valence-corrected chi connectivity index (χ2v) is 7.19. The summed E-state index contributed by atoms with van der Waals surface area (Å²) in [5.74, 6) is -0.366. The molecule has 1 amide bonds. The fraction of sp³-hybridized carbons (Fsp3) is 0.0952. The lowest BCUT2D eigenvalue weighted by Crippen LogP contribution is -2.43. The largest absolute Gasteiger partial charge is 0.416 e. The molecule has 1 unspecified atom stereocenters. The number of para-hydroxylation sites is 1. The van der Waals surface area contributed by atoms with E-state index in [4.69, 9.17) is 0 Å². The standard InChI is InChI=1S/C21H14BrF3N2O/c22-17-10-3-1-8-15(17)19-26-18-11-4-2-9-16(18)20(28)27(19)14-7-5-6-13(12-14)21(23,24)25/h1-12,19,26H. The van der Waals surface area contributed by atoms with Crippen LogP contribution in [0.25, 0.3) is 0 Å². The Morgan fingerprint density at radius 2 is 1.64 bits per heavy atom. The predicted octanol–water partition coefficient (Wildman–Crippen LogP) is 6.24. The summed E-state index contributed by atoms with van der Waals surface area (Å²) in [6.07, 6.45) is -5.16. The Kier molecular flexibility index (Phi) is 4.63. The van der Waals surface area contributed by atoms with E-state index < -0.39 is 17.9 Å². The summed E-state index contributed by atoms with van der Waals surface area (Å²) in [5.41, 5.74) is 1.15. The SMILES string of the molecule is O=C1c2ccccc2NC(c2ccccc2Br)N1c1cccc(C(F)(F)F)c1. The summed E-state index contributed by atoms with van der Waals surface area (Å²) in [4.78, 5) is 14.6. The highest BCUT2D eigenvalue weighted by Crippen LogP contribution is 2.40. The third kappa shape index (κ3) is 3.26. The van der Waals surface area contributed by atoms with Crippen molar-refractivity contribution in [1.29, 1.82) is 0 Å². The number of carbonyl (C=O) groups excluding carboxylic acids is 1. The fourth-order valence-electron chi connectivity index (χ4n) is 3.27. The number of hydrogen-bond acceptors (Lipinski definition) is 2. The maximum Gasteiger partial charge on any atom is 0.416 e. The number of halogens is 4.